The van der Waals surface area contributed by atoms with Gasteiger partial charge in [-0.25, -0.2) is 4.99 Å². The highest BCUT2D eigenvalue weighted by Gasteiger charge is 2.44. The van der Waals surface area contributed by atoms with E-state index in [0.29, 0.717) is 16.6 Å². The number of rotatable bonds is 6. The Hall–Kier alpha value is -1.84. The van der Waals surface area contributed by atoms with Crippen molar-refractivity contribution in [3.8, 4) is 11.5 Å². The molecule has 0 spiro atoms. The van der Waals surface area contributed by atoms with Crippen LogP contribution in [0.5, 0.6) is 0 Å². The highest BCUT2D eigenvalue weighted by atomic mass is 28.3. The molecule has 0 N–H and O–H groups in total. The van der Waals surface area contributed by atoms with E-state index in [1.807, 2.05) is 6.07 Å². The molecule has 0 aliphatic carbocycles. The van der Waals surface area contributed by atoms with Crippen molar-refractivity contribution < 1.29 is 0 Å². The number of aromatic nitrogens is 1. The number of hydrogen-bond donors (Lipinski definition) is 0. The first-order valence-electron chi connectivity index (χ1n) is 10.8. The van der Waals surface area contributed by atoms with Gasteiger partial charge in [0.05, 0.1) is 5.69 Å². The highest BCUT2D eigenvalue weighted by Crippen LogP contribution is 2.43. The van der Waals surface area contributed by atoms with Gasteiger partial charge in [-0.2, -0.15) is 0 Å². The Kier molecular flexibility index (Phi) is 7.53. The summed E-state index contributed by atoms with van der Waals surface area (Å²) in [6, 6.07) is 12.5. The molecule has 29 heavy (non-hydrogen) atoms. The van der Waals surface area contributed by atoms with Gasteiger partial charge in [-0.15, -0.1) is 5.54 Å². The van der Waals surface area contributed by atoms with Gasteiger partial charge in [0.25, 0.3) is 0 Å². The molecule has 0 bridgehead atoms. The number of hydrogen-bond acceptors (Lipinski definition) is 1. The third-order valence-corrected chi connectivity index (χ3v) is 13.3. The molecule has 0 radical (unpaired) electrons. The summed E-state index contributed by atoms with van der Waals surface area (Å²) in [5, 5.41) is 0. The molecule has 0 saturated heterocycles. The van der Waals surface area contributed by atoms with Crippen LogP contribution in [-0.2, 0) is 0 Å². The van der Waals surface area contributed by atoms with E-state index < -0.39 is 16.3 Å². The van der Waals surface area contributed by atoms with Crippen molar-refractivity contribution in [2.24, 2.45) is 4.99 Å². The van der Waals surface area contributed by atoms with Gasteiger partial charge in [0.2, 0.25) is 0 Å². The summed E-state index contributed by atoms with van der Waals surface area (Å²) in [7, 11) is -3.22. The van der Waals surface area contributed by atoms with Crippen LogP contribution in [0.15, 0.2) is 53.8 Å². The van der Waals surface area contributed by atoms with Crippen molar-refractivity contribution in [2.45, 2.75) is 77.8 Å². The summed E-state index contributed by atoms with van der Waals surface area (Å²) >= 11 is 0. The fourth-order valence-electron chi connectivity index (χ4n) is 4.72. The average Bonchev–Trinajstić information content (AvgIpc) is 3.06. The standard InChI is InChI=1S/C25H38N2Si2/c1-20(2)29(21(3)4,22(5)6)27-17-15-24(19-27)26-25(16-18-28(7,8)9)23-13-11-10-12-14-23/h10-15,17,19-22H,1-9H3. The minimum Gasteiger partial charge on any atom is -0.378 e. The summed E-state index contributed by atoms with van der Waals surface area (Å²) in [5.41, 5.74) is 8.44. The minimum atomic E-state index is -1.74. The van der Waals surface area contributed by atoms with Crippen LogP contribution in [0, 0.1) is 11.5 Å². The number of nitrogens with zero attached hydrogens (tertiary/aromatic N) is 2. The van der Waals surface area contributed by atoms with E-state index in [9.17, 15) is 0 Å². The van der Waals surface area contributed by atoms with Crippen LogP contribution in [0.25, 0.3) is 0 Å². The van der Waals surface area contributed by atoms with Gasteiger partial charge < -0.3 is 4.23 Å². The second-order valence-corrected chi connectivity index (χ2v) is 20.5. The Balaban J connectivity index is 2.57. The van der Waals surface area contributed by atoms with E-state index in [1.165, 1.54) is 0 Å². The molecule has 156 valence electrons. The van der Waals surface area contributed by atoms with Crippen LogP contribution in [0.3, 0.4) is 0 Å². The first-order valence-corrected chi connectivity index (χ1v) is 16.5. The van der Waals surface area contributed by atoms with Crippen molar-refractivity contribution >= 4 is 27.7 Å². The van der Waals surface area contributed by atoms with Crippen molar-refractivity contribution in [1.82, 2.24) is 4.23 Å². The van der Waals surface area contributed by atoms with Gasteiger partial charge in [-0.1, -0.05) is 97.4 Å². The molecule has 2 rings (SSSR count). The molecule has 1 aromatic carbocycles. The van der Waals surface area contributed by atoms with Gasteiger partial charge >= 0.3 is 0 Å². The summed E-state index contributed by atoms with van der Waals surface area (Å²) in [6.45, 7) is 21.2. The Morgan fingerprint density at radius 3 is 1.90 bits per heavy atom. The van der Waals surface area contributed by atoms with Gasteiger partial charge in [0, 0.05) is 11.8 Å². The van der Waals surface area contributed by atoms with E-state index >= 15 is 0 Å². The second kappa shape index (κ2) is 9.32. The molecule has 4 heteroatoms. The van der Waals surface area contributed by atoms with Gasteiger partial charge in [-0.3, -0.25) is 0 Å². The van der Waals surface area contributed by atoms with E-state index in [2.05, 4.69) is 120 Å². The molecule has 0 saturated carbocycles. The van der Waals surface area contributed by atoms with Crippen LogP contribution in [0.1, 0.15) is 47.1 Å². The third kappa shape index (κ3) is 5.41. The predicted molar refractivity (Wildman–Crippen MR) is 135 cm³/mol. The highest BCUT2D eigenvalue weighted by molar-refractivity contribution is 6.84. The molecule has 0 amide bonds. The molecule has 0 unspecified atom stereocenters. The predicted octanol–water partition coefficient (Wildman–Crippen LogP) is 7.51. The summed E-state index contributed by atoms with van der Waals surface area (Å²) in [5.74, 6) is 3.40. The Morgan fingerprint density at radius 2 is 1.41 bits per heavy atom. The molecule has 2 aromatic rings. The van der Waals surface area contributed by atoms with Gasteiger partial charge in [-0.05, 0) is 28.9 Å². The SMILES string of the molecule is CC(C)[Si](C(C)C)(C(C)C)n1ccc(N=C(C#C[Si](C)(C)C)c2ccccc2)c1. The minimum absolute atomic E-state index is 0.659. The lowest BCUT2D eigenvalue weighted by Crippen LogP contribution is -2.51. The maximum absolute atomic E-state index is 5.01. The lowest BCUT2D eigenvalue weighted by atomic mass is 10.1. The van der Waals surface area contributed by atoms with Crippen LogP contribution in [0.2, 0.25) is 36.3 Å². The maximum Gasteiger partial charge on any atom is 0.168 e. The van der Waals surface area contributed by atoms with Crippen LogP contribution < -0.4 is 0 Å². The smallest absolute Gasteiger partial charge is 0.168 e. The lowest BCUT2D eigenvalue weighted by Gasteiger charge is -2.44. The molecule has 1 aromatic heterocycles. The van der Waals surface area contributed by atoms with E-state index in [-0.39, 0.29) is 0 Å². The number of aliphatic imine (C=N–C) groups is 1. The zero-order chi connectivity index (χ0) is 21.8. The molecule has 1 heterocycles. The molecular weight excluding hydrogens is 384 g/mol. The van der Waals surface area contributed by atoms with Gasteiger partial charge in [0.15, 0.2) is 8.24 Å². The lowest BCUT2D eigenvalue weighted by molar-refractivity contribution is 0.766. The zero-order valence-electron chi connectivity index (χ0n) is 19.7. The summed E-state index contributed by atoms with van der Waals surface area (Å²) in [6.07, 6.45) is 4.53. The Labute approximate surface area is 180 Å². The van der Waals surface area contributed by atoms with Crippen LogP contribution in [-0.4, -0.2) is 26.3 Å². The fraction of sp³-hybridized carbons (Fsp3) is 0.480. The quantitative estimate of drug-likeness (QED) is 0.260. The van der Waals surface area contributed by atoms with Crippen molar-refractivity contribution in [2.75, 3.05) is 0 Å². The van der Waals surface area contributed by atoms with Gasteiger partial charge in [0.1, 0.15) is 13.8 Å². The van der Waals surface area contributed by atoms with Crippen LogP contribution >= 0.6 is 0 Å². The van der Waals surface area contributed by atoms with Crippen molar-refractivity contribution in [3.63, 3.8) is 0 Å². The van der Waals surface area contributed by atoms with Crippen molar-refractivity contribution in [3.05, 3.63) is 54.4 Å². The molecule has 2 nitrogen and oxygen atoms in total. The first kappa shape index (κ1) is 23.4. The van der Waals surface area contributed by atoms with Crippen molar-refractivity contribution in [1.29, 1.82) is 0 Å². The Bertz CT molecular complexity index is 866. The molecule has 0 aliphatic heterocycles. The fourth-order valence-corrected chi connectivity index (χ4v) is 11.7. The van der Waals surface area contributed by atoms with E-state index in [0.717, 1.165) is 17.0 Å². The first-order chi connectivity index (χ1) is 13.5. The van der Waals surface area contributed by atoms with E-state index in [1.54, 1.807) is 0 Å². The summed E-state index contributed by atoms with van der Waals surface area (Å²) < 4.78 is 2.54. The second-order valence-electron chi connectivity index (χ2n) is 9.95. The molecule has 0 aliphatic rings. The zero-order valence-corrected chi connectivity index (χ0v) is 21.7. The maximum atomic E-state index is 5.01. The largest absolute Gasteiger partial charge is 0.378 e. The molecular formula is C25H38N2Si2. The summed E-state index contributed by atoms with van der Waals surface area (Å²) in [4.78, 5) is 5.01. The third-order valence-electron chi connectivity index (χ3n) is 5.74. The topological polar surface area (TPSA) is 17.3 Å². The monoisotopic (exact) mass is 422 g/mol. The molecule has 0 fully saturated rings. The van der Waals surface area contributed by atoms with E-state index in [4.69, 9.17) is 4.99 Å². The average molecular weight is 423 g/mol. The van der Waals surface area contributed by atoms with Crippen LogP contribution in [0.4, 0.5) is 5.69 Å². The molecule has 0 atom stereocenters. The Morgan fingerprint density at radius 1 is 0.862 bits per heavy atom. The number of benzene rings is 1. The normalized spacial score (nSPS) is 13.2.